The zero-order valence-electron chi connectivity index (χ0n) is 13.7. The van der Waals surface area contributed by atoms with Gasteiger partial charge in [-0.1, -0.05) is 33.3 Å². The summed E-state index contributed by atoms with van der Waals surface area (Å²) in [5.74, 6) is 1.70. The molecule has 2 aromatic heterocycles. The average Bonchev–Trinajstić information content (AvgIpc) is 2.98. The van der Waals surface area contributed by atoms with Crippen molar-refractivity contribution in [1.82, 2.24) is 9.97 Å². The van der Waals surface area contributed by atoms with Crippen LogP contribution in [-0.2, 0) is 0 Å². The maximum absolute atomic E-state index is 5.98. The number of nitrogens with one attached hydrogen (secondary N) is 2. The van der Waals surface area contributed by atoms with Gasteiger partial charge in [-0.05, 0) is 56.0 Å². The highest BCUT2D eigenvalue weighted by molar-refractivity contribution is 9.10. The molecule has 1 aromatic carbocycles. The van der Waals surface area contributed by atoms with Crippen LogP contribution in [0.4, 0.5) is 16.8 Å². The number of halogens is 1. The number of benzene rings is 1. The van der Waals surface area contributed by atoms with E-state index >= 15 is 0 Å². The van der Waals surface area contributed by atoms with Gasteiger partial charge in [0, 0.05) is 16.6 Å². The number of hydrogen-bond donors (Lipinski definition) is 3. The molecular weight excluding hydrogens is 398 g/mol. The quantitative estimate of drug-likeness (QED) is 0.563. The van der Waals surface area contributed by atoms with Crippen molar-refractivity contribution < 1.29 is 0 Å². The third-order valence-electron chi connectivity index (χ3n) is 4.46. The number of nitrogens with zero attached hydrogens (tertiary/aromatic N) is 2. The third-order valence-corrected chi connectivity index (χ3v) is 5.89. The van der Waals surface area contributed by atoms with Gasteiger partial charge >= 0.3 is 0 Å². The highest BCUT2D eigenvalue weighted by Crippen LogP contribution is 2.30. The van der Waals surface area contributed by atoms with E-state index in [9.17, 15) is 0 Å². The summed E-state index contributed by atoms with van der Waals surface area (Å²) in [6, 6.07) is 12.9. The zero-order valence-corrected chi connectivity index (χ0v) is 16.1. The highest BCUT2D eigenvalue weighted by atomic mass is 79.9. The van der Waals surface area contributed by atoms with Crippen LogP contribution in [0.15, 0.2) is 40.9 Å². The van der Waals surface area contributed by atoms with Gasteiger partial charge < -0.3 is 16.4 Å². The first-order valence-corrected chi connectivity index (χ1v) is 10.1. The van der Waals surface area contributed by atoms with Gasteiger partial charge in [-0.15, -0.1) is 0 Å². The molecule has 0 radical (unpaired) electrons. The third kappa shape index (κ3) is 4.11. The lowest BCUT2D eigenvalue weighted by Crippen LogP contribution is -2.33. The first kappa shape index (κ1) is 16.8. The van der Waals surface area contributed by atoms with E-state index in [0.717, 1.165) is 57.1 Å². The Morgan fingerprint density at radius 3 is 2.68 bits per heavy atom. The molecule has 1 aliphatic carbocycles. The summed E-state index contributed by atoms with van der Waals surface area (Å²) in [5.41, 5.74) is 6.97. The summed E-state index contributed by atoms with van der Waals surface area (Å²) in [4.78, 5) is 9.29. The van der Waals surface area contributed by atoms with Gasteiger partial charge in [-0.2, -0.15) is 0 Å². The maximum atomic E-state index is 5.98. The molecule has 0 aliphatic heterocycles. The molecule has 1 saturated carbocycles. The topological polar surface area (TPSA) is 75.9 Å². The number of aromatic nitrogens is 2. The van der Waals surface area contributed by atoms with Gasteiger partial charge in [0.2, 0.25) is 0 Å². The molecule has 1 aliphatic rings. The number of hydrogen-bond acceptors (Lipinski definition) is 6. The van der Waals surface area contributed by atoms with Gasteiger partial charge in [-0.25, -0.2) is 9.97 Å². The van der Waals surface area contributed by atoms with Gasteiger partial charge in [0.25, 0.3) is 0 Å². The minimum absolute atomic E-state index is 0.359. The second-order valence-electron chi connectivity index (χ2n) is 6.42. The normalized spacial score (nSPS) is 20.6. The van der Waals surface area contributed by atoms with Crippen LogP contribution in [0.3, 0.4) is 0 Å². The van der Waals surface area contributed by atoms with Crippen molar-refractivity contribution in [3.05, 3.63) is 40.9 Å². The summed E-state index contributed by atoms with van der Waals surface area (Å²) in [6.07, 6.45) is 4.37. The molecule has 25 heavy (non-hydrogen) atoms. The fourth-order valence-electron chi connectivity index (χ4n) is 3.12. The van der Waals surface area contributed by atoms with Crippen molar-refractivity contribution in [2.75, 3.05) is 10.6 Å². The van der Waals surface area contributed by atoms with Crippen molar-refractivity contribution in [2.45, 2.75) is 37.8 Å². The Labute approximate surface area is 159 Å². The molecule has 4 N–H and O–H groups in total. The van der Waals surface area contributed by atoms with Crippen molar-refractivity contribution >= 4 is 54.3 Å². The molecule has 0 saturated heterocycles. The van der Waals surface area contributed by atoms with E-state index in [1.807, 2.05) is 30.3 Å². The number of nitrogens with two attached hydrogens (primary N) is 1. The number of pyridine rings is 1. The fraction of sp³-hybridized carbons (Fsp3) is 0.333. The lowest BCUT2D eigenvalue weighted by atomic mass is 9.92. The van der Waals surface area contributed by atoms with E-state index in [1.165, 1.54) is 0 Å². The van der Waals surface area contributed by atoms with E-state index in [2.05, 4.69) is 42.6 Å². The molecule has 4 rings (SSSR count). The molecule has 130 valence electrons. The summed E-state index contributed by atoms with van der Waals surface area (Å²) in [7, 11) is 0. The lowest BCUT2D eigenvalue weighted by Gasteiger charge is -2.27. The maximum Gasteiger partial charge on any atom is 0.189 e. The molecule has 1 fully saturated rings. The molecule has 0 amide bonds. The molecule has 7 heteroatoms. The summed E-state index contributed by atoms with van der Waals surface area (Å²) >= 11 is 5.12. The Bertz CT molecular complexity index is 873. The van der Waals surface area contributed by atoms with Crippen LogP contribution < -0.4 is 16.4 Å². The first-order chi connectivity index (χ1) is 12.2. The summed E-state index contributed by atoms with van der Waals surface area (Å²) in [6.45, 7) is 0. The Hall–Kier alpha value is -1.70. The van der Waals surface area contributed by atoms with E-state index in [0.29, 0.717) is 12.1 Å². The molecule has 2 heterocycles. The Morgan fingerprint density at radius 2 is 1.84 bits per heavy atom. The van der Waals surface area contributed by atoms with Crippen LogP contribution in [0, 0.1) is 0 Å². The fourth-order valence-corrected chi connectivity index (χ4v) is 4.54. The zero-order chi connectivity index (χ0) is 17.2. The molecule has 0 unspecified atom stereocenters. The van der Waals surface area contributed by atoms with Crippen molar-refractivity contribution in [1.29, 1.82) is 0 Å². The molecule has 3 aromatic rings. The predicted molar refractivity (Wildman–Crippen MR) is 109 cm³/mol. The second-order valence-corrected chi connectivity index (χ2v) is 8.37. The van der Waals surface area contributed by atoms with Crippen LogP contribution >= 0.6 is 27.3 Å². The number of anilines is 3. The van der Waals surface area contributed by atoms with Gasteiger partial charge in [0.1, 0.15) is 11.6 Å². The predicted octanol–water partition coefficient (Wildman–Crippen LogP) is 4.88. The highest BCUT2D eigenvalue weighted by Gasteiger charge is 2.18. The molecule has 0 bridgehead atoms. The average molecular weight is 418 g/mol. The van der Waals surface area contributed by atoms with Crippen LogP contribution in [0.1, 0.15) is 25.7 Å². The van der Waals surface area contributed by atoms with Gasteiger partial charge in [0.15, 0.2) is 5.13 Å². The largest absolute Gasteiger partial charge is 0.367 e. The van der Waals surface area contributed by atoms with Gasteiger partial charge in [0.05, 0.1) is 10.2 Å². The van der Waals surface area contributed by atoms with Crippen molar-refractivity contribution in [2.24, 2.45) is 5.73 Å². The second kappa shape index (κ2) is 7.27. The molecule has 5 nitrogen and oxygen atoms in total. The van der Waals surface area contributed by atoms with Crippen LogP contribution in [0.2, 0.25) is 0 Å². The minimum atomic E-state index is 0.359. The summed E-state index contributed by atoms with van der Waals surface area (Å²) in [5, 5.41) is 7.70. The van der Waals surface area contributed by atoms with Crippen LogP contribution in [0.5, 0.6) is 0 Å². The Morgan fingerprint density at radius 1 is 1.04 bits per heavy atom. The van der Waals surface area contributed by atoms with E-state index in [1.54, 1.807) is 11.3 Å². The molecule has 0 spiro atoms. The van der Waals surface area contributed by atoms with Crippen LogP contribution in [-0.4, -0.2) is 22.1 Å². The Balaban J connectivity index is 1.47. The first-order valence-electron chi connectivity index (χ1n) is 8.48. The minimum Gasteiger partial charge on any atom is -0.367 e. The van der Waals surface area contributed by atoms with E-state index in [-0.39, 0.29) is 0 Å². The Kier molecular flexibility index (Phi) is 4.87. The molecular formula is C18H20BrN5S. The monoisotopic (exact) mass is 417 g/mol. The van der Waals surface area contributed by atoms with Crippen LogP contribution in [0.25, 0.3) is 10.2 Å². The van der Waals surface area contributed by atoms with E-state index in [4.69, 9.17) is 5.73 Å². The lowest BCUT2D eigenvalue weighted by molar-refractivity contribution is 0.410. The SMILES string of the molecule is N[C@H]1CC[C@H](Nc2cccc(Nc3nc4ccc(Br)cc4s3)n2)CC1. The number of fused-ring (bicyclic) bond motifs is 1. The molecule has 0 atom stereocenters. The standard InChI is InChI=1S/C18H20BrN5S/c19-11-4-9-14-15(10-11)25-18(22-14)24-17-3-1-2-16(23-17)21-13-7-5-12(20)6-8-13/h1-4,9-10,12-13H,5-8,20H2,(H2,21,22,23,24)/t12-,13-. The number of rotatable bonds is 4. The summed E-state index contributed by atoms with van der Waals surface area (Å²) < 4.78 is 2.21. The van der Waals surface area contributed by atoms with Crippen molar-refractivity contribution in [3.63, 3.8) is 0 Å². The van der Waals surface area contributed by atoms with Gasteiger partial charge in [-0.3, -0.25) is 0 Å². The smallest absolute Gasteiger partial charge is 0.189 e. The number of thiazole rings is 1. The van der Waals surface area contributed by atoms with Crippen molar-refractivity contribution in [3.8, 4) is 0 Å². The van der Waals surface area contributed by atoms with E-state index < -0.39 is 0 Å².